The van der Waals surface area contributed by atoms with Gasteiger partial charge in [0.25, 0.3) is 0 Å². The van der Waals surface area contributed by atoms with Crippen LogP contribution in [0.1, 0.15) is 18.1 Å². The number of rotatable bonds is 3. The minimum atomic E-state index is -1.42. The van der Waals surface area contributed by atoms with Crippen LogP contribution in [0.5, 0.6) is 0 Å². The van der Waals surface area contributed by atoms with Crippen molar-refractivity contribution in [2.45, 2.75) is 13.8 Å². The molecule has 1 rings (SSSR count). The van der Waals surface area contributed by atoms with Gasteiger partial charge in [0.1, 0.15) is 5.57 Å². The molecule has 0 fully saturated rings. The minimum absolute atomic E-state index is 0.262. The van der Waals surface area contributed by atoms with E-state index in [0.29, 0.717) is 5.56 Å². The summed E-state index contributed by atoms with van der Waals surface area (Å²) in [6.45, 7) is 3.31. The van der Waals surface area contributed by atoms with Crippen molar-refractivity contribution in [2.24, 2.45) is 0 Å². The molecule has 0 spiro atoms. The predicted octanol–water partition coefficient (Wildman–Crippen LogP) is 1.94. The van der Waals surface area contributed by atoms with Crippen molar-refractivity contribution in [3.05, 3.63) is 41.0 Å². The van der Waals surface area contributed by atoms with Crippen molar-refractivity contribution in [2.75, 3.05) is 0 Å². The van der Waals surface area contributed by atoms with E-state index in [1.54, 1.807) is 25.1 Å². The fourth-order valence-electron chi connectivity index (χ4n) is 1.54. The molecule has 0 unspecified atom stereocenters. The van der Waals surface area contributed by atoms with Gasteiger partial charge in [0.2, 0.25) is 0 Å². The summed E-state index contributed by atoms with van der Waals surface area (Å²) < 4.78 is 0. The van der Waals surface area contributed by atoms with Gasteiger partial charge in [-0.3, -0.25) is 0 Å². The van der Waals surface area contributed by atoms with E-state index < -0.39 is 17.5 Å². The van der Waals surface area contributed by atoms with Gasteiger partial charge in [-0.25, -0.2) is 9.59 Å². The average Bonchev–Trinajstić information content (AvgIpc) is 2.16. The zero-order valence-electron chi connectivity index (χ0n) is 9.02. The molecule has 1 aromatic carbocycles. The van der Waals surface area contributed by atoms with Crippen LogP contribution in [0.4, 0.5) is 0 Å². The highest BCUT2D eigenvalue weighted by Crippen LogP contribution is 2.21. The number of hydrogen-bond acceptors (Lipinski definition) is 2. The number of carbonyl (C=O) groups is 2. The van der Waals surface area contributed by atoms with Crippen LogP contribution in [0, 0.1) is 6.92 Å². The fourth-order valence-corrected chi connectivity index (χ4v) is 1.54. The Balaban J connectivity index is 3.42. The van der Waals surface area contributed by atoms with E-state index in [2.05, 4.69) is 0 Å². The summed E-state index contributed by atoms with van der Waals surface area (Å²) >= 11 is 0. The molecule has 4 nitrogen and oxygen atoms in total. The third kappa shape index (κ3) is 2.28. The van der Waals surface area contributed by atoms with Crippen molar-refractivity contribution in [1.29, 1.82) is 0 Å². The smallest absolute Gasteiger partial charge is 0.343 e. The monoisotopic (exact) mass is 220 g/mol. The molecular formula is C12H12O4. The number of hydrogen-bond donors (Lipinski definition) is 2. The summed E-state index contributed by atoms with van der Waals surface area (Å²) in [4.78, 5) is 21.7. The maximum absolute atomic E-state index is 10.8. The highest BCUT2D eigenvalue weighted by atomic mass is 16.4. The molecule has 16 heavy (non-hydrogen) atoms. The van der Waals surface area contributed by atoms with E-state index in [4.69, 9.17) is 10.2 Å². The standard InChI is InChI=1S/C12H12O4/c1-7-5-3-4-6-9(7)8(2)10(11(13)14)12(15)16/h3-6H,1-2H3,(H,13,14)(H,15,16). The Bertz CT molecular complexity index is 456. The lowest BCUT2D eigenvalue weighted by Crippen LogP contribution is -2.13. The van der Waals surface area contributed by atoms with Crippen LogP contribution in [0.3, 0.4) is 0 Å². The zero-order valence-corrected chi connectivity index (χ0v) is 9.02. The number of carboxylic acids is 2. The molecule has 0 amide bonds. The molecule has 4 heteroatoms. The van der Waals surface area contributed by atoms with Crippen molar-refractivity contribution in [3.63, 3.8) is 0 Å². The van der Waals surface area contributed by atoms with Crippen LogP contribution < -0.4 is 0 Å². The molecule has 0 aromatic heterocycles. The van der Waals surface area contributed by atoms with E-state index in [0.717, 1.165) is 5.56 Å². The lowest BCUT2D eigenvalue weighted by Gasteiger charge is -2.07. The van der Waals surface area contributed by atoms with Gasteiger partial charge in [-0.1, -0.05) is 24.3 Å². The van der Waals surface area contributed by atoms with Gasteiger partial charge in [0, 0.05) is 0 Å². The maximum Gasteiger partial charge on any atom is 0.343 e. The van der Waals surface area contributed by atoms with Gasteiger partial charge < -0.3 is 10.2 Å². The van der Waals surface area contributed by atoms with Crippen LogP contribution >= 0.6 is 0 Å². The van der Waals surface area contributed by atoms with E-state index in [1.807, 2.05) is 6.07 Å². The van der Waals surface area contributed by atoms with Crippen molar-refractivity contribution in [3.8, 4) is 0 Å². The largest absolute Gasteiger partial charge is 0.477 e. The highest BCUT2D eigenvalue weighted by molar-refractivity contribution is 6.18. The third-order valence-corrected chi connectivity index (χ3v) is 2.35. The van der Waals surface area contributed by atoms with Crippen LogP contribution in [0.15, 0.2) is 29.8 Å². The molecule has 0 radical (unpaired) electrons. The Morgan fingerprint density at radius 2 is 1.56 bits per heavy atom. The quantitative estimate of drug-likeness (QED) is 0.463. The van der Waals surface area contributed by atoms with Crippen LogP contribution in [-0.2, 0) is 9.59 Å². The molecule has 0 saturated heterocycles. The SMILES string of the molecule is CC(=C(C(=O)O)C(=O)O)c1ccccc1C. The number of aryl methyl sites for hydroxylation is 1. The Morgan fingerprint density at radius 1 is 1.06 bits per heavy atom. The second-order valence-corrected chi connectivity index (χ2v) is 3.43. The Labute approximate surface area is 92.8 Å². The minimum Gasteiger partial charge on any atom is -0.477 e. The van der Waals surface area contributed by atoms with Crippen molar-refractivity contribution < 1.29 is 19.8 Å². The summed E-state index contributed by atoms with van der Waals surface area (Å²) in [6, 6.07) is 7.07. The molecule has 84 valence electrons. The Hall–Kier alpha value is -2.10. The van der Waals surface area contributed by atoms with Crippen molar-refractivity contribution >= 4 is 17.5 Å². The van der Waals surface area contributed by atoms with Crippen LogP contribution in [-0.4, -0.2) is 22.2 Å². The van der Waals surface area contributed by atoms with Gasteiger partial charge in [-0.15, -0.1) is 0 Å². The lowest BCUT2D eigenvalue weighted by atomic mass is 9.97. The summed E-state index contributed by atoms with van der Waals surface area (Å²) in [5.74, 6) is -2.85. The van der Waals surface area contributed by atoms with E-state index in [1.165, 1.54) is 6.92 Å². The molecule has 0 bridgehead atoms. The van der Waals surface area contributed by atoms with Gasteiger partial charge in [-0.05, 0) is 30.5 Å². The van der Waals surface area contributed by atoms with Crippen LogP contribution in [0.25, 0.3) is 5.57 Å². The molecule has 0 aliphatic heterocycles. The van der Waals surface area contributed by atoms with E-state index >= 15 is 0 Å². The molecular weight excluding hydrogens is 208 g/mol. The highest BCUT2D eigenvalue weighted by Gasteiger charge is 2.20. The lowest BCUT2D eigenvalue weighted by molar-refractivity contribution is -0.140. The summed E-state index contributed by atoms with van der Waals surface area (Å²) in [5, 5.41) is 17.7. The molecule has 1 aromatic rings. The first-order valence-corrected chi connectivity index (χ1v) is 4.68. The molecule has 2 N–H and O–H groups in total. The Morgan fingerprint density at radius 3 is 2.00 bits per heavy atom. The average molecular weight is 220 g/mol. The molecule has 0 atom stereocenters. The predicted molar refractivity (Wildman–Crippen MR) is 59.0 cm³/mol. The second kappa shape index (κ2) is 4.61. The number of carboxylic acid groups (broad SMARTS) is 2. The maximum atomic E-state index is 10.8. The van der Waals surface area contributed by atoms with Crippen LogP contribution in [0.2, 0.25) is 0 Å². The number of allylic oxidation sites excluding steroid dienone is 1. The molecule has 0 saturated carbocycles. The third-order valence-electron chi connectivity index (χ3n) is 2.35. The van der Waals surface area contributed by atoms with Gasteiger partial charge in [0.15, 0.2) is 0 Å². The second-order valence-electron chi connectivity index (χ2n) is 3.43. The summed E-state index contributed by atoms with van der Waals surface area (Å²) in [5.41, 5.74) is 1.16. The number of aliphatic carboxylic acids is 2. The van der Waals surface area contributed by atoms with Gasteiger partial charge in [-0.2, -0.15) is 0 Å². The first-order chi connectivity index (χ1) is 7.45. The molecule has 0 heterocycles. The summed E-state index contributed by atoms with van der Waals surface area (Å²) in [6.07, 6.45) is 0. The zero-order chi connectivity index (χ0) is 12.3. The normalized spacial score (nSPS) is 9.62. The van der Waals surface area contributed by atoms with E-state index in [-0.39, 0.29) is 5.57 Å². The number of benzene rings is 1. The van der Waals surface area contributed by atoms with E-state index in [9.17, 15) is 9.59 Å². The van der Waals surface area contributed by atoms with Crippen molar-refractivity contribution in [1.82, 2.24) is 0 Å². The topological polar surface area (TPSA) is 74.6 Å². The molecule has 0 aliphatic rings. The first-order valence-electron chi connectivity index (χ1n) is 4.68. The molecule has 0 aliphatic carbocycles. The fraction of sp³-hybridized carbons (Fsp3) is 0.167. The first kappa shape index (κ1) is 12.0. The Kier molecular flexibility index (Phi) is 3.45. The van der Waals surface area contributed by atoms with Gasteiger partial charge in [0.05, 0.1) is 0 Å². The summed E-state index contributed by atoms with van der Waals surface area (Å²) in [7, 11) is 0. The van der Waals surface area contributed by atoms with Gasteiger partial charge >= 0.3 is 11.9 Å².